The number of pyridine rings is 1. The maximum absolute atomic E-state index is 8.75. The van der Waals surface area contributed by atoms with E-state index in [0.29, 0.717) is 6.42 Å². The Hall–Kier alpha value is -1.68. The lowest BCUT2D eigenvalue weighted by Crippen LogP contribution is -1.94. The van der Waals surface area contributed by atoms with Crippen molar-refractivity contribution in [1.29, 1.82) is 0 Å². The van der Waals surface area contributed by atoms with Gasteiger partial charge in [-0.25, -0.2) is 0 Å². The molecule has 0 aliphatic rings. The van der Waals surface area contributed by atoms with Crippen molar-refractivity contribution >= 4 is 0 Å². The zero-order chi connectivity index (χ0) is 10.7. The van der Waals surface area contributed by atoms with Crippen LogP contribution in [0.4, 0.5) is 0 Å². The van der Waals surface area contributed by atoms with Gasteiger partial charge in [0, 0.05) is 36.0 Å². The molecule has 0 bridgehead atoms. The number of aliphatic hydroxyl groups excluding tert-OH is 1. The minimum absolute atomic E-state index is 0.124. The summed E-state index contributed by atoms with van der Waals surface area (Å²) in [5.41, 5.74) is 3.68. The largest absolute Gasteiger partial charge is 0.396 e. The Balaban J connectivity index is 2.28. The smallest absolute Gasteiger partial charge is 0.131 e. The van der Waals surface area contributed by atoms with Crippen molar-refractivity contribution in [3.8, 4) is 11.1 Å². The van der Waals surface area contributed by atoms with Crippen LogP contribution in [0.25, 0.3) is 11.1 Å². The quantitative estimate of drug-likeness (QED) is 0.824. The lowest BCUT2D eigenvalue weighted by atomic mass is 10.1. The third-order valence-electron chi connectivity index (χ3n) is 2.25. The summed E-state index contributed by atoms with van der Waals surface area (Å²) in [6.45, 7) is 2.01. The molecule has 2 heterocycles. The normalized spacial score (nSPS) is 10.5. The number of hydrogen-bond acceptors (Lipinski definition) is 4. The zero-order valence-electron chi connectivity index (χ0n) is 8.47. The van der Waals surface area contributed by atoms with Gasteiger partial charge in [0.25, 0.3) is 0 Å². The number of nitrogens with zero attached hydrogens (tertiary/aromatic N) is 2. The fourth-order valence-corrected chi connectivity index (χ4v) is 1.42. The van der Waals surface area contributed by atoms with Crippen LogP contribution in [0.1, 0.15) is 11.4 Å². The van der Waals surface area contributed by atoms with Gasteiger partial charge < -0.3 is 9.63 Å². The standard InChI is InChI=1S/C11H12N2O2/c1-8-11(7-15-13-8)9-2-3-10(4-5-14)12-6-9/h2-3,6-7,14H,4-5H2,1H3. The first-order valence-corrected chi connectivity index (χ1v) is 4.78. The van der Waals surface area contributed by atoms with E-state index in [4.69, 9.17) is 9.63 Å². The van der Waals surface area contributed by atoms with Crippen molar-refractivity contribution in [3.05, 3.63) is 36.0 Å². The fraction of sp³-hybridized carbons (Fsp3) is 0.273. The van der Waals surface area contributed by atoms with Gasteiger partial charge in [0.15, 0.2) is 0 Å². The van der Waals surface area contributed by atoms with Crippen LogP contribution in [-0.4, -0.2) is 21.9 Å². The SMILES string of the molecule is Cc1nocc1-c1ccc(CCO)nc1. The highest BCUT2D eigenvalue weighted by molar-refractivity contribution is 5.63. The van der Waals surface area contributed by atoms with Crippen LogP contribution in [0.2, 0.25) is 0 Å². The number of aryl methyl sites for hydroxylation is 1. The van der Waals surface area contributed by atoms with Crippen LogP contribution in [-0.2, 0) is 6.42 Å². The Kier molecular flexibility index (Phi) is 2.78. The van der Waals surface area contributed by atoms with Gasteiger partial charge in [-0.1, -0.05) is 11.2 Å². The molecule has 0 fully saturated rings. The first-order valence-electron chi connectivity index (χ1n) is 4.78. The topological polar surface area (TPSA) is 59.2 Å². The fourth-order valence-electron chi connectivity index (χ4n) is 1.42. The van der Waals surface area contributed by atoms with Crippen LogP contribution < -0.4 is 0 Å². The molecule has 15 heavy (non-hydrogen) atoms. The molecule has 78 valence electrons. The average molecular weight is 204 g/mol. The van der Waals surface area contributed by atoms with E-state index < -0.39 is 0 Å². The van der Waals surface area contributed by atoms with Crippen molar-refractivity contribution in [1.82, 2.24) is 10.1 Å². The van der Waals surface area contributed by atoms with Gasteiger partial charge in [-0.3, -0.25) is 4.98 Å². The second-order valence-electron chi connectivity index (χ2n) is 3.33. The Morgan fingerprint density at radius 2 is 2.27 bits per heavy atom. The molecule has 0 aliphatic heterocycles. The predicted octanol–water partition coefficient (Wildman–Crippen LogP) is 1.58. The summed E-state index contributed by atoms with van der Waals surface area (Å²) < 4.78 is 4.86. The highest BCUT2D eigenvalue weighted by Crippen LogP contribution is 2.21. The molecule has 0 spiro atoms. The Labute approximate surface area is 87.6 Å². The molecule has 0 aromatic carbocycles. The highest BCUT2D eigenvalue weighted by Gasteiger charge is 2.05. The van der Waals surface area contributed by atoms with E-state index in [1.165, 1.54) is 0 Å². The number of aliphatic hydroxyl groups is 1. The molecule has 0 unspecified atom stereocenters. The predicted molar refractivity (Wildman–Crippen MR) is 55.3 cm³/mol. The molecule has 0 atom stereocenters. The molecule has 4 heteroatoms. The molecule has 0 saturated heterocycles. The molecule has 4 nitrogen and oxygen atoms in total. The first kappa shape index (κ1) is 9.86. The van der Waals surface area contributed by atoms with E-state index in [2.05, 4.69) is 10.1 Å². The molecule has 1 N–H and O–H groups in total. The summed E-state index contributed by atoms with van der Waals surface area (Å²) in [5, 5.41) is 12.6. The van der Waals surface area contributed by atoms with Crippen LogP contribution >= 0.6 is 0 Å². The van der Waals surface area contributed by atoms with Gasteiger partial charge in [0.05, 0.1) is 5.69 Å². The van der Waals surface area contributed by atoms with E-state index in [9.17, 15) is 0 Å². The molecule has 0 amide bonds. The molecule has 0 radical (unpaired) electrons. The highest BCUT2D eigenvalue weighted by atomic mass is 16.5. The van der Waals surface area contributed by atoms with E-state index >= 15 is 0 Å². The second kappa shape index (κ2) is 4.23. The van der Waals surface area contributed by atoms with Gasteiger partial charge in [-0.05, 0) is 13.0 Å². The van der Waals surface area contributed by atoms with Gasteiger partial charge in [-0.2, -0.15) is 0 Å². The van der Waals surface area contributed by atoms with Crippen molar-refractivity contribution in [3.63, 3.8) is 0 Å². The van der Waals surface area contributed by atoms with Crippen LogP contribution in [0.15, 0.2) is 29.1 Å². The van der Waals surface area contributed by atoms with E-state index in [1.807, 2.05) is 19.1 Å². The van der Waals surface area contributed by atoms with E-state index in [-0.39, 0.29) is 6.61 Å². The molecular formula is C11H12N2O2. The Bertz CT molecular complexity index is 434. The van der Waals surface area contributed by atoms with Crippen LogP contribution in [0.3, 0.4) is 0 Å². The molecule has 2 aromatic rings. The minimum atomic E-state index is 0.124. The van der Waals surface area contributed by atoms with Gasteiger partial charge in [-0.15, -0.1) is 0 Å². The van der Waals surface area contributed by atoms with Gasteiger partial charge >= 0.3 is 0 Å². The summed E-state index contributed by atoms with van der Waals surface area (Å²) in [6, 6.07) is 3.86. The van der Waals surface area contributed by atoms with Crippen LogP contribution in [0.5, 0.6) is 0 Å². The maximum atomic E-state index is 8.75. The van der Waals surface area contributed by atoms with Crippen molar-refractivity contribution in [2.45, 2.75) is 13.3 Å². The summed E-state index contributed by atoms with van der Waals surface area (Å²) in [7, 11) is 0. The van der Waals surface area contributed by atoms with E-state index in [1.54, 1.807) is 12.5 Å². The number of rotatable bonds is 3. The zero-order valence-corrected chi connectivity index (χ0v) is 8.47. The van der Waals surface area contributed by atoms with Crippen LogP contribution in [0, 0.1) is 6.92 Å². The minimum Gasteiger partial charge on any atom is -0.396 e. The summed E-state index contributed by atoms with van der Waals surface area (Å²) in [4.78, 5) is 4.24. The molecular weight excluding hydrogens is 192 g/mol. The third kappa shape index (κ3) is 2.05. The van der Waals surface area contributed by atoms with Crippen molar-refractivity contribution in [2.75, 3.05) is 6.61 Å². The first-order chi connectivity index (χ1) is 7.31. The monoisotopic (exact) mass is 204 g/mol. The molecule has 2 rings (SSSR count). The Morgan fingerprint density at radius 1 is 1.40 bits per heavy atom. The lowest BCUT2D eigenvalue weighted by molar-refractivity contribution is 0.298. The van der Waals surface area contributed by atoms with Crippen molar-refractivity contribution < 1.29 is 9.63 Å². The summed E-state index contributed by atoms with van der Waals surface area (Å²) in [6.07, 6.45) is 3.96. The third-order valence-corrected chi connectivity index (χ3v) is 2.25. The van der Waals surface area contributed by atoms with Gasteiger partial charge in [0.2, 0.25) is 0 Å². The molecule has 0 saturated carbocycles. The number of aromatic nitrogens is 2. The maximum Gasteiger partial charge on any atom is 0.131 e. The Morgan fingerprint density at radius 3 is 2.80 bits per heavy atom. The lowest BCUT2D eigenvalue weighted by Gasteiger charge is -2.00. The average Bonchev–Trinajstić information content (AvgIpc) is 2.66. The van der Waals surface area contributed by atoms with Gasteiger partial charge in [0.1, 0.15) is 6.26 Å². The second-order valence-corrected chi connectivity index (χ2v) is 3.33. The molecule has 0 aliphatic carbocycles. The number of hydrogen-bond donors (Lipinski definition) is 1. The summed E-state index contributed by atoms with van der Waals surface area (Å²) in [5.74, 6) is 0. The molecule has 2 aromatic heterocycles. The summed E-state index contributed by atoms with van der Waals surface area (Å²) >= 11 is 0. The van der Waals surface area contributed by atoms with Crippen molar-refractivity contribution in [2.24, 2.45) is 0 Å². The van der Waals surface area contributed by atoms with E-state index in [0.717, 1.165) is 22.5 Å².